The van der Waals surface area contributed by atoms with Gasteiger partial charge >= 0.3 is 0 Å². The van der Waals surface area contributed by atoms with Crippen molar-refractivity contribution >= 4 is 0 Å². The van der Waals surface area contributed by atoms with Crippen LogP contribution in [0.2, 0.25) is 0 Å². The van der Waals surface area contributed by atoms with Crippen LogP contribution < -0.4 is 0 Å². The second-order valence-corrected chi connectivity index (χ2v) is 7.84. The minimum atomic E-state index is 0.00530. The van der Waals surface area contributed by atoms with Gasteiger partial charge in [0.15, 0.2) is 6.29 Å². The van der Waals surface area contributed by atoms with Crippen LogP contribution in [-0.2, 0) is 9.47 Å². The molecule has 3 fully saturated rings. The van der Waals surface area contributed by atoms with E-state index in [1.54, 1.807) is 0 Å². The Morgan fingerprint density at radius 2 is 1.83 bits per heavy atom. The molecule has 2 heteroatoms. The number of ether oxygens (including phenoxy) is 2. The number of fused-ring (bicyclic) bond motifs is 3. The fourth-order valence-electron chi connectivity index (χ4n) is 4.93. The van der Waals surface area contributed by atoms with Gasteiger partial charge in [-0.05, 0) is 30.6 Å². The largest absolute Gasteiger partial charge is 0.352 e. The Balaban J connectivity index is 1.93. The molecule has 18 heavy (non-hydrogen) atoms. The predicted molar refractivity (Wildman–Crippen MR) is 72.2 cm³/mol. The van der Waals surface area contributed by atoms with Crippen LogP contribution in [0.3, 0.4) is 0 Å². The van der Waals surface area contributed by atoms with Gasteiger partial charge in [-0.25, -0.2) is 0 Å². The summed E-state index contributed by atoms with van der Waals surface area (Å²) in [4.78, 5) is 0. The Labute approximate surface area is 111 Å². The standard InChI is InChI=1S/C16H28O2/c1-11(2)13-17-9-8-16(18-13)10-12-6-7-15(16,5)14(12,3)4/h11-13H,6-10H2,1-5H3/t12-,13-,15-,16-/m1/s1. The molecule has 2 saturated carbocycles. The lowest BCUT2D eigenvalue weighted by Gasteiger charge is -2.52. The van der Waals surface area contributed by atoms with E-state index in [-0.39, 0.29) is 11.9 Å². The molecule has 1 heterocycles. The molecule has 1 aliphatic heterocycles. The maximum Gasteiger partial charge on any atom is 0.160 e. The minimum Gasteiger partial charge on any atom is -0.352 e. The molecule has 2 nitrogen and oxygen atoms in total. The molecule has 104 valence electrons. The molecular weight excluding hydrogens is 224 g/mol. The highest BCUT2D eigenvalue weighted by Crippen LogP contribution is 2.72. The minimum absolute atomic E-state index is 0.00530. The van der Waals surface area contributed by atoms with Gasteiger partial charge in [-0.1, -0.05) is 34.6 Å². The van der Waals surface area contributed by atoms with Crippen molar-refractivity contribution in [1.29, 1.82) is 0 Å². The third-order valence-electron chi connectivity index (χ3n) is 6.69. The second-order valence-electron chi connectivity index (χ2n) is 7.84. The molecule has 2 bridgehead atoms. The van der Waals surface area contributed by atoms with Crippen molar-refractivity contribution in [2.45, 2.75) is 72.2 Å². The van der Waals surface area contributed by atoms with Crippen LogP contribution in [0.1, 0.15) is 60.3 Å². The van der Waals surface area contributed by atoms with Crippen LogP contribution in [0.5, 0.6) is 0 Å². The van der Waals surface area contributed by atoms with E-state index in [0.29, 0.717) is 16.7 Å². The van der Waals surface area contributed by atoms with E-state index < -0.39 is 0 Å². The van der Waals surface area contributed by atoms with Gasteiger partial charge in [-0.2, -0.15) is 0 Å². The highest BCUT2D eigenvalue weighted by molar-refractivity contribution is 5.19. The van der Waals surface area contributed by atoms with E-state index in [0.717, 1.165) is 18.9 Å². The highest BCUT2D eigenvalue weighted by atomic mass is 16.7. The lowest BCUT2D eigenvalue weighted by molar-refractivity contribution is -0.304. The monoisotopic (exact) mass is 252 g/mol. The van der Waals surface area contributed by atoms with Crippen molar-refractivity contribution in [1.82, 2.24) is 0 Å². The molecule has 1 spiro atoms. The SMILES string of the molecule is CC(C)[C@@H]1OCC[C@]2(C[C@H]3CC[C@]2(C)C3(C)C)O1. The Hall–Kier alpha value is -0.0800. The van der Waals surface area contributed by atoms with E-state index in [2.05, 4.69) is 34.6 Å². The summed E-state index contributed by atoms with van der Waals surface area (Å²) in [5, 5.41) is 0. The molecule has 0 unspecified atom stereocenters. The van der Waals surface area contributed by atoms with Gasteiger partial charge in [-0.3, -0.25) is 0 Å². The summed E-state index contributed by atoms with van der Waals surface area (Å²) < 4.78 is 12.4. The zero-order chi connectivity index (χ0) is 13.2. The first-order valence-electron chi connectivity index (χ1n) is 7.62. The van der Waals surface area contributed by atoms with Crippen LogP contribution in [0.15, 0.2) is 0 Å². The van der Waals surface area contributed by atoms with Crippen LogP contribution in [-0.4, -0.2) is 18.5 Å². The highest BCUT2D eigenvalue weighted by Gasteiger charge is 2.70. The van der Waals surface area contributed by atoms with Gasteiger partial charge in [0, 0.05) is 17.8 Å². The fraction of sp³-hybridized carbons (Fsp3) is 1.00. The van der Waals surface area contributed by atoms with E-state index >= 15 is 0 Å². The number of hydrogen-bond acceptors (Lipinski definition) is 2. The molecule has 0 N–H and O–H groups in total. The number of hydrogen-bond donors (Lipinski definition) is 0. The van der Waals surface area contributed by atoms with Crippen molar-refractivity contribution in [3.05, 3.63) is 0 Å². The quantitative estimate of drug-likeness (QED) is 0.702. The third-order valence-corrected chi connectivity index (χ3v) is 6.69. The van der Waals surface area contributed by atoms with Crippen LogP contribution in [0, 0.1) is 22.7 Å². The molecule has 3 aliphatic rings. The van der Waals surface area contributed by atoms with E-state index in [9.17, 15) is 0 Å². The summed E-state index contributed by atoms with van der Waals surface area (Å²) in [7, 11) is 0. The molecule has 1 saturated heterocycles. The van der Waals surface area contributed by atoms with Crippen molar-refractivity contribution < 1.29 is 9.47 Å². The van der Waals surface area contributed by atoms with E-state index in [1.165, 1.54) is 19.3 Å². The topological polar surface area (TPSA) is 18.5 Å². The molecule has 0 aromatic heterocycles. The third kappa shape index (κ3) is 1.37. The molecule has 0 aromatic carbocycles. The van der Waals surface area contributed by atoms with Crippen molar-refractivity contribution in [2.75, 3.05) is 6.61 Å². The molecule has 0 radical (unpaired) electrons. The summed E-state index contributed by atoms with van der Waals surface area (Å²) in [5.74, 6) is 1.29. The van der Waals surface area contributed by atoms with E-state index in [4.69, 9.17) is 9.47 Å². The molecule has 2 aliphatic carbocycles. The van der Waals surface area contributed by atoms with Gasteiger partial charge in [0.25, 0.3) is 0 Å². The number of rotatable bonds is 1. The Kier molecular flexibility index (Phi) is 2.68. The molecule has 0 amide bonds. The predicted octanol–water partition coefficient (Wildman–Crippen LogP) is 3.99. The Morgan fingerprint density at radius 1 is 1.11 bits per heavy atom. The molecule has 4 atom stereocenters. The summed E-state index contributed by atoms with van der Waals surface area (Å²) in [5.41, 5.74) is 0.847. The average molecular weight is 252 g/mol. The summed E-state index contributed by atoms with van der Waals surface area (Å²) >= 11 is 0. The van der Waals surface area contributed by atoms with Gasteiger partial charge in [-0.15, -0.1) is 0 Å². The lowest BCUT2D eigenvalue weighted by atomic mass is 9.63. The summed E-state index contributed by atoms with van der Waals surface area (Å²) in [6.45, 7) is 12.7. The first kappa shape index (κ1) is 12.9. The zero-order valence-corrected chi connectivity index (χ0v) is 12.6. The van der Waals surface area contributed by atoms with Gasteiger partial charge in [0.05, 0.1) is 12.2 Å². The summed E-state index contributed by atoms with van der Waals surface area (Å²) in [6, 6.07) is 0. The first-order chi connectivity index (χ1) is 8.32. The molecule has 0 aromatic rings. The van der Waals surface area contributed by atoms with Gasteiger partial charge < -0.3 is 9.47 Å². The van der Waals surface area contributed by atoms with Crippen LogP contribution in [0.4, 0.5) is 0 Å². The lowest BCUT2D eigenvalue weighted by Crippen LogP contribution is -2.55. The van der Waals surface area contributed by atoms with Crippen molar-refractivity contribution in [3.8, 4) is 0 Å². The van der Waals surface area contributed by atoms with Gasteiger partial charge in [0.2, 0.25) is 0 Å². The smallest absolute Gasteiger partial charge is 0.160 e. The maximum atomic E-state index is 6.55. The normalized spacial score (nSPS) is 50.3. The second kappa shape index (κ2) is 3.73. The van der Waals surface area contributed by atoms with E-state index in [1.807, 2.05) is 0 Å². The molecule has 3 rings (SSSR count). The van der Waals surface area contributed by atoms with Crippen molar-refractivity contribution in [3.63, 3.8) is 0 Å². The first-order valence-corrected chi connectivity index (χ1v) is 7.62. The Bertz CT molecular complexity index is 349. The van der Waals surface area contributed by atoms with Crippen LogP contribution in [0.25, 0.3) is 0 Å². The van der Waals surface area contributed by atoms with Gasteiger partial charge in [0.1, 0.15) is 0 Å². The summed E-state index contributed by atoms with van der Waals surface area (Å²) in [6.07, 6.45) is 5.07. The fourth-order valence-corrected chi connectivity index (χ4v) is 4.93. The van der Waals surface area contributed by atoms with Crippen LogP contribution >= 0.6 is 0 Å². The molecular formula is C16H28O2. The average Bonchev–Trinajstić information content (AvgIpc) is 2.61. The zero-order valence-electron chi connectivity index (χ0n) is 12.6. The van der Waals surface area contributed by atoms with Crippen molar-refractivity contribution in [2.24, 2.45) is 22.7 Å². The maximum absolute atomic E-state index is 6.55. The Morgan fingerprint density at radius 3 is 2.33 bits per heavy atom.